The van der Waals surface area contributed by atoms with E-state index < -0.39 is 17.7 Å². The van der Waals surface area contributed by atoms with Crippen LogP contribution < -0.4 is 0 Å². The number of aliphatic hydroxyl groups excluding tert-OH is 1. The van der Waals surface area contributed by atoms with Gasteiger partial charge in [-0.05, 0) is 31.5 Å². The molecule has 0 radical (unpaired) electrons. The average Bonchev–Trinajstić information content (AvgIpc) is 2.57. The highest BCUT2D eigenvalue weighted by Crippen LogP contribution is 2.32. The van der Waals surface area contributed by atoms with Crippen molar-refractivity contribution in [3.63, 3.8) is 0 Å². The van der Waals surface area contributed by atoms with Gasteiger partial charge in [0, 0.05) is 21.4 Å². The average molecular weight is 254 g/mol. The summed E-state index contributed by atoms with van der Waals surface area (Å²) in [7, 11) is 0. The molecule has 0 aliphatic rings. The topological polar surface area (TPSA) is 20.2 Å². The number of benzene rings is 1. The van der Waals surface area contributed by atoms with Gasteiger partial charge in [0.15, 0.2) is 0 Å². The maximum Gasteiger partial charge on any atom is 0.132 e. The Morgan fingerprint density at radius 3 is 2.41 bits per heavy atom. The number of halogens is 2. The van der Waals surface area contributed by atoms with Crippen LogP contribution >= 0.6 is 11.3 Å². The van der Waals surface area contributed by atoms with Crippen molar-refractivity contribution in [2.45, 2.75) is 20.0 Å². The summed E-state index contributed by atoms with van der Waals surface area (Å²) in [6.45, 7) is 3.79. The number of thiophene rings is 1. The van der Waals surface area contributed by atoms with E-state index in [1.807, 2.05) is 19.9 Å². The third-order valence-electron chi connectivity index (χ3n) is 2.58. The van der Waals surface area contributed by atoms with Crippen LogP contribution in [0.2, 0.25) is 0 Å². The molecule has 0 aliphatic carbocycles. The molecule has 1 atom stereocenters. The summed E-state index contributed by atoms with van der Waals surface area (Å²) < 4.78 is 26.3. The van der Waals surface area contributed by atoms with Crippen LogP contribution in [-0.2, 0) is 0 Å². The summed E-state index contributed by atoms with van der Waals surface area (Å²) in [6, 6.07) is 5.15. The third kappa shape index (κ3) is 2.37. The molecule has 0 aliphatic heterocycles. The maximum absolute atomic E-state index is 13.5. The summed E-state index contributed by atoms with van der Waals surface area (Å²) in [5.74, 6) is -1.36. The van der Waals surface area contributed by atoms with E-state index in [0.717, 1.165) is 22.6 Å². The zero-order chi connectivity index (χ0) is 12.6. The molecule has 1 nitrogen and oxygen atoms in total. The Kier molecular flexibility index (Phi) is 3.26. The quantitative estimate of drug-likeness (QED) is 0.866. The third-order valence-corrected chi connectivity index (χ3v) is 3.79. The lowest BCUT2D eigenvalue weighted by atomic mass is 10.1. The molecule has 0 fully saturated rings. The van der Waals surface area contributed by atoms with Gasteiger partial charge in [-0.15, -0.1) is 11.3 Å². The fourth-order valence-corrected chi connectivity index (χ4v) is 2.84. The number of aliphatic hydroxyl groups is 1. The summed E-state index contributed by atoms with van der Waals surface area (Å²) in [6.07, 6.45) is -1.03. The second-order valence-electron chi connectivity index (χ2n) is 3.97. The Hall–Kier alpha value is -1.26. The van der Waals surface area contributed by atoms with Gasteiger partial charge < -0.3 is 5.11 Å². The minimum Gasteiger partial charge on any atom is -0.383 e. The van der Waals surface area contributed by atoms with Crippen molar-refractivity contribution < 1.29 is 13.9 Å². The van der Waals surface area contributed by atoms with Crippen LogP contribution in [0.3, 0.4) is 0 Å². The highest BCUT2D eigenvalue weighted by Gasteiger charge is 2.19. The van der Waals surface area contributed by atoms with Gasteiger partial charge in [-0.25, -0.2) is 8.78 Å². The Labute approximate surface area is 102 Å². The second kappa shape index (κ2) is 4.55. The molecular formula is C13H12F2OS. The molecule has 1 unspecified atom stereocenters. The molecule has 90 valence electrons. The van der Waals surface area contributed by atoms with E-state index in [2.05, 4.69) is 0 Å². The molecule has 1 aromatic heterocycles. The zero-order valence-electron chi connectivity index (χ0n) is 9.50. The van der Waals surface area contributed by atoms with E-state index in [9.17, 15) is 13.9 Å². The first-order chi connectivity index (χ1) is 7.99. The van der Waals surface area contributed by atoms with Crippen LogP contribution in [0.1, 0.15) is 27.0 Å². The highest BCUT2D eigenvalue weighted by atomic mass is 32.1. The van der Waals surface area contributed by atoms with Gasteiger partial charge in [-0.2, -0.15) is 0 Å². The molecule has 0 amide bonds. The van der Waals surface area contributed by atoms with Gasteiger partial charge in [0.05, 0.1) is 0 Å². The lowest BCUT2D eigenvalue weighted by Gasteiger charge is -2.11. The Bertz CT molecular complexity index is 548. The Balaban J connectivity index is 2.43. The maximum atomic E-state index is 13.5. The fraction of sp³-hybridized carbons (Fsp3) is 0.231. The molecule has 0 bridgehead atoms. The molecule has 1 heterocycles. The first kappa shape index (κ1) is 12.2. The van der Waals surface area contributed by atoms with Crippen LogP contribution in [0.5, 0.6) is 0 Å². The molecule has 1 N–H and O–H groups in total. The van der Waals surface area contributed by atoms with Crippen molar-refractivity contribution >= 4 is 11.3 Å². The molecule has 2 aromatic rings. The SMILES string of the molecule is Cc1cc(C)c(C(O)c2ccc(F)cc2F)s1. The highest BCUT2D eigenvalue weighted by molar-refractivity contribution is 7.12. The van der Waals surface area contributed by atoms with Crippen molar-refractivity contribution in [2.24, 2.45) is 0 Å². The summed E-state index contributed by atoms with van der Waals surface area (Å²) in [4.78, 5) is 1.76. The molecule has 0 saturated heterocycles. The molecule has 0 spiro atoms. The van der Waals surface area contributed by atoms with E-state index in [0.29, 0.717) is 4.88 Å². The predicted molar refractivity (Wildman–Crippen MR) is 64.2 cm³/mol. The standard InChI is InChI=1S/C13H12F2OS/c1-7-5-8(2)17-13(7)12(16)10-4-3-9(14)6-11(10)15/h3-6,12,16H,1-2H3. The first-order valence-electron chi connectivity index (χ1n) is 5.19. The van der Waals surface area contributed by atoms with E-state index in [4.69, 9.17) is 0 Å². The molecular weight excluding hydrogens is 242 g/mol. The van der Waals surface area contributed by atoms with Gasteiger partial charge in [0.25, 0.3) is 0 Å². The predicted octanol–water partition coefficient (Wildman–Crippen LogP) is 3.72. The molecule has 4 heteroatoms. The van der Waals surface area contributed by atoms with Crippen molar-refractivity contribution in [3.05, 3.63) is 56.8 Å². The van der Waals surface area contributed by atoms with Gasteiger partial charge in [0.1, 0.15) is 17.7 Å². The van der Waals surface area contributed by atoms with E-state index >= 15 is 0 Å². The van der Waals surface area contributed by atoms with Crippen LogP contribution in [0.4, 0.5) is 8.78 Å². The van der Waals surface area contributed by atoms with Crippen LogP contribution in [0.25, 0.3) is 0 Å². The smallest absolute Gasteiger partial charge is 0.132 e. The largest absolute Gasteiger partial charge is 0.383 e. The van der Waals surface area contributed by atoms with Crippen molar-refractivity contribution in [1.29, 1.82) is 0 Å². The minimum atomic E-state index is -1.03. The fourth-order valence-electron chi connectivity index (χ4n) is 1.80. The molecule has 17 heavy (non-hydrogen) atoms. The number of aryl methyl sites for hydroxylation is 2. The van der Waals surface area contributed by atoms with Gasteiger partial charge >= 0.3 is 0 Å². The van der Waals surface area contributed by atoms with Gasteiger partial charge in [0.2, 0.25) is 0 Å². The normalized spacial score (nSPS) is 12.8. The van der Waals surface area contributed by atoms with Crippen LogP contribution in [0, 0.1) is 25.5 Å². The van der Waals surface area contributed by atoms with Crippen LogP contribution in [0.15, 0.2) is 24.3 Å². The number of hydrogen-bond donors (Lipinski definition) is 1. The summed E-state index contributed by atoms with van der Waals surface area (Å²) in [5, 5.41) is 10.1. The van der Waals surface area contributed by atoms with Gasteiger partial charge in [-0.3, -0.25) is 0 Å². The van der Waals surface area contributed by atoms with E-state index in [1.54, 1.807) is 0 Å². The van der Waals surface area contributed by atoms with Gasteiger partial charge in [-0.1, -0.05) is 6.07 Å². The Morgan fingerprint density at radius 1 is 1.18 bits per heavy atom. The van der Waals surface area contributed by atoms with Crippen LogP contribution in [-0.4, -0.2) is 5.11 Å². The number of rotatable bonds is 2. The molecule has 0 saturated carbocycles. The lowest BCUT2D eigenvalue weighted by Crippen LogP contribution is -2.02. The van der Waals surface area contributed by atoms with Crippen molar-refractivity contribution in [1.82, 2.24) is 0 Å². The second-order valence-corrected chi connectivity index (χ2v) is 5.26. The lowest BCUT2D eigenvalue weighted by molar-refractivity contribution is 0.218. The Morgan fingerprint density at radius 2 is 1.88 bits per heavy atom. The van der Waals surface area contributed by atoms with E-state index in [-0.39, 0.29) is 5.56 Å². The first-order valence-corrected chi connectivity index (χ1v) is 6.00. The van der Waals surface area contributed by atoms with E-state index in [1.165, 1.54) is 17.4 Å². The van der Waals surface area contributed by atoms with Crippen molar-refractivity contribution in [2.75, 3.05) is 0 Å². The minimum absolute atomic E-state index is 0.108. The monoisotopic (exact) mass is 254 g/mol. The van der Waals surface area contributed by atoms with Crippen molar-refractivity contribution in [3.8, 4) is 0 Å². The molecule has 2 rings (SSSR count). The zero-order valence-corrected chi connectivity index (χ0v) is 10.3. The molecule has 1 aromatic carbocycles. The summed E-state index contributed by atoms with van der Waals surface area (Å²) >= 11 is 1.42. The summed E-state index contributed by atoms with van der Waals surface area (Å²) in [5.41, 5.74) is 1.03. The number of hydrogen-bond acceptors (Lipinski definition) is 2.